The number of aromatic amines is 1. The van der Waals surface area contributed by atoms with Crippen molar-refractivity contribution in [3.8, 4) is 0 Å². The molecule has 3 N–H and O–H groups in total. The van der Waals surface area contributed by atoms with Gasteiger partial charge in [-0.25, -0.2) is 9.89 Å². The quantitative estimate of drug-likeness (QED) is 0.772. The van der Waals surface area contributed by atoms with Crippen molar-refractivity contribution in [1.29, 1.82) is 0 Å². The first kappa shape index (κ1) is 11.3. The van der Waals surface area contributed by atoms with E-state index in [0.717, 1.165) is 12.8 Å². The first-order valence-electron chi connectivity index (χ1n) is 5.61. The van der Waals surface area contributed by atoms with Crippen molar-refractivity contribution in [3.63, 3.8) is 0 Å². The molecule has 5 nitrogen and oxygen atoms in total. The first-order valence-corrected chi connectivity index (χ1v) is 6.02. The Morgan fingerprint density at radius 3 is 2.75 bits per heavy atom. The zero-order valence-corrected chi connectivity index (χ0v) is 9.87. The van der Waals surface area contributed by atoms with Gasteiger partial charge < -0.3 is 5.73 Å². The average Bonchev–Trinajstić information content (AvgIpc) is 2.66. The molecule has 1 atom stereocenters. The molecule has 2 rings (SSSR count). The molecule has 1 fully saturated rings. The molecule has 1 aromatic heterocycles. The van der Waals surface area contributed by atoms with E-state index in [-0.39, 0.29) is 11.7 Å². The number of hydrogen-bond donors (Lipinski definition) is 2. The third-order valence-electron chi connectivity index (χ3n) is 3.26. The van der Waals surface area contributed by atoms with Crippen molar-refractivity contribution >= 4 is 17.2 Å². The van der Waals surface area contributed by atoms with Crippen LogP contribution in [-0.4, -0.2) is 19.8 Å². The van der Waals surface area contributed by atoms with Gasteiger partial charge in [0.15, 0.2) is 0 Å². The van der Waals surface area contributed by atoms with Crippen LogP contribution in [0.1, 0.15) is 38.1 Å². The van der Waals surface area contributed by atoms with Crippen molar-refractivity contribution in [3.05, 3.63) is 16.8 Å². The lowest BCUT2D eigenvalue weighted by Crippen LogP contribution is -2.37. The summed E-state index contributed by atoms with van der Waals surface area (Å²) >= 11 is 5.08. The van der Waals surface area contributed by atoms with Crippen LogP contribution in [0.25, 0.3) is 0 Å². The minimum absolute atomic E-state index is 0.179. The van der Waals surface area contributed by atoms with Gasteiger partial charge in [0.25, 0.3) is 0 Å². The number of nitrogens with one attached hydrogen (secondary N) is 1. The number of hydrogen-bond acceptors (Lipinski definition) is 3. The number of H-pyrrole nitrogens is 1. The van der Waals surface area contributed by atoms with Crippen molar-refractivity contribution in [2.75, 3.05) is 0 Å². The maximum absolute atomic E-state index is 11.5. The van der Waals surface area contributed by atoms with Crippen LogP contribution < -0.4 is 11.4 Å². The Morgan fingerprint density at radius 1 is 1.56 bits per heavy atom. The van der Waals surface area contributed by atoms with E-state index in [4.69, 9.17) is 18.0 Å². The number of nitrogens with two attached hydrogens (primary N) is 1. The van der Waals surface area contributed by atoms with Crippen molar-refractivity contribution in [1.82, 2.24) is 14.8 Å². The zero-order valence-electron chi connectivity index (χ0n) is 9.06. The summed E-state index contributed by atoms with van der Waals surface area (Å²) in [6.07, 6.45) is 7.30. The summed E-state index contributed by atoms with van der Waals surface area (Å²) in [6.45, 7) is 0. The summed E-state index contributed by atoms with van der Waals surface area (Å²) in [6, 6.07) is -0.179. The summed E-state index contributed by atoms with van der Waals surface area (Å²) < 4.78 is 1.53. The van der Waals surface area contributed by atoms with Gasteiger partial charge in [-0.3, -0.25) is 4.57 Å². The van der Waals surface area contributed by atoms with Gasteiger partial charge in [0.05, 0.1) is 11.0 Å². The number of thiocarbonyl (C=S) groups is 1. The van der Waals surface area contributed by atoms with E-state index in [1.807, 2.05) is 0 Å². The highest BCUT2D eigenvalue weighted by Gasteiger charge is 2.28. The number of nitrogens with zero attached hydrogens (tertiary/aromatic N) is 2. The van der Waals surface area contributed by atoms with E-state index < -0.39 is 0 Å². The fourth-order valence-corrected chi connectivity index (χ4v) is 2.81. The van der Waals surface area contributed by atoms with Gasteiger partial charge in [-0.05, 0) is 18.8 Å². The second kappa shape index (κ2) is 4.78. The molecule has 1 aliphatic rings. The van der Waals surface area contributed by atoms with E-state index >= 15 is 0 Å². The molecule has 0 aliphatic heterocycles. The van der Waals surface area contributed by atoms with E-state index in [0.29, 0.717) is 10.9 Å². The molecule has 88 valence electrons. The van der Waals surface area contributed by atoms with Gasteiger partial charge in [-0.15, -0.1) is 0 Å². The highest BCUT2D eigenvalue weighted by molar-refractivity contribution is 7.80. The lowest BCUT2D eigenvalue weighted by Gasteiger charge is -2.29. The molecule has 1 unspecified atom stereocenters. The smallest absolute Gasteiger partial charge is 0.343 e. The molecule has 0 spiro atoms. The summed E-state index contributed by atoms with van der Waals surface area (Å²) in [5.74, 6) is 0.376. The molecule has 1 heterocycles. The Kier molecular flexibility index (Phi) is 3.38. The van der Waals surface area contributed by atoms with Crippen LogP contribution in [0.5, 0.6) is 0 Å². The van der Waals surface area contributed by atoms with Crippen LogP contribution in [-0.2, 0) is 0 Å². The highest BCUT2D eigenvalue weighted by atomic mass is 32.1. The second-order valence-corrected chi connectivity index (χ2v) is 4.79. The van der Waals surface area contributed by atoms with Crippen LogP contribution in [0, 0.1) is 5.92 Å². The third kappa shape index (κ3) is 2.16. The molecule has 0 bridgehead atoms. The Bertz CT molecular complexity index is 418. The third-order valence-corrected chi connectivity index (χ3v) is 3.51. The molecular formula is C10H16N4OS. The minimum Gasteiger partial charge on any atom is -0.392 e. The fraction of sp³-hybridized carbons (Fsp3) is 0.700. The zero-order chi connectivity index (χ0) is 11.5. The predicted octanol–water partition coefficient (Wildman–Crippen LogP) is 0.979. The van der Waals surface area contributed by atoms with E-state index in [1.165, 1.54) is 30.2 Å². The van der Waals surface area contributed by atoms with Crippen LogP contribution in [0.2, 0.25) is 0 Å². The summed E-state index contributed by atoms with van der Waals surface area (Å²) in [5.41, 5.74) is 5.52. The molecule has 1 aliphatic carbocycles. The Hall–Kier alpha value is -1.17. The first-order chi connectivity index (χ1) is 7.70. The van der Waals surface area contributed by atoms with Crippen LogP contribution in [0.4, 0.5) is 0 Å². The molecule has 1 saturated carbocycles. The Balaban J connectivity index is 2.26. The summed E-state index contributed by atoms with van der Waals surface area (Å²) in [5, 5.41) is 6.12. The Labute approximate surface area is 99.0 Å². The van der Waals surface area contributed by atoms with Crippen LogP contribution in [0.3, 0.4) is 0 Å². The number of rotatable bonds is 3. The second-order valence-electron chi connectivity index (χ2n) is 4.31. The van der Waals surface area contributed by atoms with Crippen LogP contribution >= 0.6 is 12.2 Å². The van der Waals surface area contributed by atoms with E-state index in [1.54, 1.807) is 0 Å². The largest absolute Gasteiger partial charge is 0.392 e. The monoisotopic (exact) mass is 240 g/mol. The predicted molar refractivity (Wildman–Crippen MR) is 65.2 cm³/mol. The van der Waals surface area contributed by atoms with E-state index in [9.17, 15) is 4.79 Å². The highest BCUT2D eigenvalue weighted by Crippen LogP contribution is 2.32. The summed E-state index contributed by atoms with van der Waals surface area (Å²) in [4.78, 5) is 11.9. The number of aromatic nitrogens is 3. The SMILES string of the molecule is NC(=S)C(C1CCCCC1)n1cn[nH]c1=O. The van der Waals surface area contributed by atoms with Gasteiger partial charge in [-0.2, -0.15) is 5.10 Å². The summed E-state index contributed by atoms with van der Waals surface area (Å²) in [7, 11) is 0. The van der Waals surface area contributed by atoms with E-state index in [2.05, 4.69) is 10.2 Å². The lowest BCUT2D eigenvalue weighted by atomic mass is 9.84. The maximum atomic E-state index is 11.5. The van der Waals surface area contributed by atoms with Crippen molar-refractivity contribution in [2.45, 2.75) is 38.1 Å². The fourth-order valence-electron chi connectivity index (χ4n) is 2.50. The molecule has 16 heavy (non-hydrogen) atoms. The minimum atomic E-state index is -0.233. The molecule has 0 amide bonds. The maximum Gasteiger partial charge on any atom is 0.343 e. The molecule has 6 heteroatoms. The molecule has 1 aromatic rings. The van der Waals surface area contributed by atoms with Gasteiger partial charge in [0.2, 0.25) is 0 Å². The molecule has 0 aromatic carbocycles. The Morgan fingerprint density at radius 2 is 2.25 bits per heavy atom. The van der Waals surface area contributed by atoms with Gasteiger partial charge in [0.1, 0.15) is 6.33 Å². The van der Waals surface area contributed by atoms with Gasteiger partial charge >= 0.3 is 5.69 Å². The lowest BCUT2D eigenvalue weighted by molar-refractivity contribution is 0.295. The van der Waals surface area contributed by atoms with Crippen LogP contribution in [0.15, 0.2) is 11.1 Å². The average molecular weight is 240 g/mol. The topological polar surface area (TPSA) is 76.7 Å². The normalized spacial score (nSPS) is 19.5. The molecule has 0 radical (unpaired) electrons. The molecular weight excluding hydrogens is 224 g/mol. The standard InChI is InChI=1S/C10H16N4OS/c11-9(16)8(7-4-2-1-3-5-7)14-6-12-13-10(14)15/h6-8H,1-5H2,(H2,11,16)(H,13,15). The van der Waals surface area contributed by atoms with Gasteiger partial charge in [-0.1, -0.05) is 31.5 Å². The van der Waals surface area contributed by atoms with Gasteiger partial charge in [0, 0.05) is 0 Å². The van der Waals surface area contributed by atoms with Crippen molar-refractivity contribution < 1.29 is 0 Å². The van der Waals surface area contributed by atoms with Crippen molar-refractivity contribution in [2.24, 2.45) is 11.7 Å². The molecule has 0 saturated heterocycles.